The summed E-state index contributed by atoms with van der Waals surface area (Å²) in [7, 11) is 0. The van der Waals surface area contributed by atoms with Crippen molar-refractivity contribution in [3.05, 3.63) is 206 Å². The molecule has 0 aliphatic heterocycles. The van der Waals surface area contributed by atoms with E-state index < -0.39 is 0 Å². The van der Waals surface area contributed by atoms with Crippen LogP contribution in [0.15, 0.2) is 206 Å². The quantitative estimate of drug-likeness (QED) is 0.161. The third-order valence-corrected chi connectivity index (χ3v) is 10.4. The number of benzene rings is 9. The molecule has 9 aromatic carbocycles. The highest BCUT2D eigenvalue weighted by Crippen LogP contribution is 2.47. The molecule has 0 atom stereocenters. The molecule has 0 saturated heterocycles. The number of hydrogen-bond donors (Lipinski definition) is 0. The van der Waals surface area contributed by atoms with E-state index in [0.29, 0.717) is 0 Å². The molecule has 0 amide bonds. The van der Waals surface area contributed by atoms with Gasteiger partial charge in [-0.25, -0.2) is 0 Å². The molecule has 0 aliphatic rings. The van der Waals surface area contributed by atoms with Crippen molar-refractivity contribution in [2.75, 3.05) is 4.90 Å². The third kappa shape index (κ3) is 4.88. The number of nitrogens with zero attached hydrogens (tertiary/aromatic N) is 2. The Morgan fingerprint density at radius 1 is 0.346 bits per heavy atom. The normalized spacial score (nSPS) is 11.5. The molecule has 0 saturated carbocycles. The van der Waals surface area contributed by atoms with E-state index in [-0.39, 0.29) is 0 Å². The van der Waals surface area contributed by atoms with E-state index in [1.165, 1.54) is 65.6 Å². The maximum Gasteiger partial charge on any atom is 0.0782 e. The van der Waals surface area contributed by atoms with Crippen LogP contribution >= 0.6 is 0 Å². The highest BCUT2D eigenvalue weighted by molar-refractivity contribution is 6.15. The fourth-order valence-corrected chi connectivity index (χ4v) is 8.07. The Hall–Kier alpha value is -6.90. The average molecular weight is 663 g/mol. The summed E-state index contributed by atoms with van der Waals surface area (Å²) in [5.74, 6) is 0. The first-order chi connectivity index (χ1) is 25.8. The van der Waals surface area contributed by atoms with Crippen molar-refractivity contribution in [2.24, 2.45) is 0 Å². The predicted molar refractivity (Wildman–Crippen MR) is 221 cm³/mol. The van der Waals surface area contributed by atoms with Gasteiger partial charge in [-0.2, -0.15) is 0 Å². The Kier molecular flexibility index (Phi) is 7.18. The number of hydrogen-bond acceptors (Lipinski definition) is 1. The minimum Gasteiger partial charge on any atom is -0.308 e. The van der Waals surface area contributed by atoms with Crippen LogP contribution in [0.25, 0.3) is 71.3 Å². The molecule has 2 heteroatoms. The number of rotatable bonds is 6. The molecule has 10 rings (SSSR count). The zero-order chi connectivity index (χ0) is 34.4. The van der Waals surface area contributed by atoms with E-state index in [9.17, 15) is 0 Å². The smallest absolute Gasteiger partial charge is 0.0782 e. The van der Waals surface area contributed by atoms with Crippen molar-refractivity contribution in [1.29, 1.82) is 0 Å². The van der Waals surface area contributed by atoms with Crippen LogP contribution in [0.2, 0.25) is 0 Å². The third-order valence-electron chi connectivity index (χ3n) is 10.4. The lowest BCUT2D eigenvalue weighted by Crippen LogP contribution is -2.13. The van der Waals surface area contributed by atoms with E-state index in [2.05, 4.69) is 216 Å². The zero-order valence-electron chi connectivity index (χ0n) is 28.5. The van der Waals surface area contributed by atoms with Gasteiger partial charge in [-0.3, -0.25) is 0 Å². The highest BCUT2D eigenvalue weighted by atomic mass is 15.2. The molecule has 2 nitrogen and oxygen atoms in total. The average Bonchev–Trinajstić information content (AvgIpc) is 3.57. The van der Waals surface area contributed by atoms with Gasteiger partial charge < -0.3 is 9.47 Å². The van der Waals surface area contributed by atoms with Crippen molar-refractivity contribution in [3.8, 4) is 27.9 Å². The molecule has 52 heavy (non-hydrogen) atoms. The molecule has 1 aromatic heterocycles. The largest absolute Gasteiger partial charge is 0.308 e. The van der Waals surface area contributed by atoms with E-state index in [0.717, 1.165) is 22.7 Å². The highest BCUT2D eigenvalue weighted by Gasteiger charge is 2.23. The summed E-state index contributed by atoms with van der Waals surface area (Å²) in [6, 6.07) is 74.7. The number of fused-ring (bicyclic) bond motifs is 6. The molecule has 0 bridgehead atoms. The van der Waals surface area contributed by atoms with E-state index >= 15 is 0 Å². The molecule has 0 aliphatic carbocycles. The maximum absolute atomic E-state index is 2.47. The second-order valence-electron chi connectivity index (χ2n) is 13.3. The van der Waals surface area contributed by atoms with E-state index in [4.69, 9.17) is 0 Å². The van der Waals surface area contributed by atoms with Crippen molar-refractivity contribution >= 4 is 60.4 Å². The Labute approximate surface area is 303 Å². The van der Waals surface area contributed by atoms with Crippen LogP contribution in [-0.2, 0) is 0 Å². The number of para-hydroxylation sites is 4. The van der Waals surface area contributed by atoms with Crippen LogP contribution < -0.4 is 4.90 Å². The van der Waals surface area contributed by atoms with E-state index in [1.54, 1.807) is 0 Å². The summed E-state index contributed by atoms with van der Waals surface area (Å²) in [6.07, 6.45) is 0. The Morgan fingerprint density at radius 2 is 0.962 bits per heavy atom. The van der Waals surface area contributed by atoms with Crippen LogP contribution in [0.4, 0.5) is 17.1 Å². The Morgan fingerprint density at radius 3 is 1.85 bits per heavy atom. The monoisotopic (exact) mass is 662 g/mol. The summed E-state index contributed by atoms with van der Waals surface area (Å²) in [5.41, 5.74) is 11.6. The molecule has 10 aromatic rings. The minimum atomic E-state index is 1.09. The fourth-order valence-electron chi connectivity index (χ4n) is 8.07. The molecular weight excluding hydrogens is 629 g/mol. The molecule has 0 unspecified atom stereocenters. The van der Waals surface area contributed by atoms with Gasteiger partial charge in [0.25, 0.3) is 0 Å². The molecule has 0 spiro atoms. The van der Waals surface area contributed by atoms with Crippen LogP contribution in [0.1, 0.15) is 0 Å². The first-order valence-corrected chi connectivity index (χ1v) is 17.9. The Balaban J connectivity index is 1.27. The van der Waals surface area contributed by atoms with Gasteiger partial charge in [-0.05, 0) is 80.7 Å². The second kappa shape index (κ2) is 12.5. The van der Waals surface area contributed by atoms with Crippen LogP contribution in [0, 0.1) is 0 Å². The molecule has 0 radical (unpaired) electrons. The SMILES string of the molecule is c1ccc(-c2ccccc2N(c2cccc(-c3cccc4c3ccc3ccccc34)c2)c2cccc3c4ccccc4n(-c4ccccc4)c23)cc1. The standard InChI is InChI=1S/C50H34N2/c1-3-16-35(17-4-1)42-24-9-11-29-47(42)51(49-31-15-28-46-45-25-10-12-30-48(45)52(50(46)49)38-20-5-2-6-21-38)39-22-13-19-37(34-39)41-26-14-27-43-40-23-8-7-18-36(40)32-33-44(41)43/h1-34H. The fraction of sp³-hybridized carbons (Fsp3) is 0. The van der Waals surface area contributed by atoms with E-state index in [1.807, 2.05) is 0 Å². The van der Waals surface area contributed by atoms with Gasteiger partial charge in [0.2, 0.25) is 0 Å². The molecule has 0 N–H and O–H groups in total. The molecule has 244 valence electrons. The van der Waals surface area contributed by atoms with Crippen molar-refractivity contribution in [3.63, 3.8) is 0 Å². The number of anilines is 3. The predicted octanol–water partition coefficient (Wildman–Crippen LogP) is 13.9. The lowest BCUT2D eigenvalue weighted by atomic mass is 9.94. The maximum atomic E-state index is 2.47. The molecule has 0 fully saturated rings. The summed E-state index contributed by atoms with van der Waals surface area (Å²) >= 11 is 0. The summed E-state index contributed by atoms with van der Waals surface area (Å²) in [6.45, 7) is 0. The first kappa shape index (κ1) is 30.0. The first-order valence-electron chi connectivity index (χ1n) is 17.9. The minimum absolute atomic E-state index is 1.09. The van der Waals surface area contributed by atoms with Crippen molar-refractivity contribution < 1.29 is 0 Å². The van der Waals surface area contributed by atoms with Crippen molar-refractivity contribution in [2.45, 2.75) is 0 Å². The summed E-state index contributed by atoms with van der Waals surface area (Å²) in [5, 5.41) is 7.50. The van der Waals surface area contributed by atoms with Crippen molar-refractivity contribution in [1.82, 2.24) is 4.57 Å². The van der Waals surface area contributed by atoms with Crippen LogP contribution in [0.5, 0.6) is 0 Å². The van der Waals surface area contributed by atoms with Gasteiger partial charge >= 0.3 is 0 Å². The lowest BCUT2D eigenvalue weighted by Gasteiger charge is -2.29. The number of aromatic nitrogens is 1. The van der Waals surface area contributed by atoms with Gasteiger partial charge in [-0.1, -0.05) is 164 Å². The molecule has 1 heterocycles. The van der Waals surface area contributed by atoms with Gasteiger partial charge in [0.05, 0.1) is 22.4 Å². The Bertz CT molecular complexity index is 2900. The van der Waals surface area contributed by atoms with Gasteiger partial charge in [0, 0.05) is 27.7 Å². The topological polar surface area (TPSA) is 8.17 Å². The molecular formula is C50H34N2. The van der Waals surface area contributed by atoms with Gasteiger partial charge in [0.15, 0.2) is 0 Å². The second-order valence-corrected chi connectivity index (χ2v) is 13.3. The lowest BCUT2D eigenvalue weighted by molar-refractivity contribution is 1.17. The summed E-state index contributed by atoms with van der Waals surface area (Å²) in [4.78, 5) is 2.47. The van der Waals surface area contributed by atoms with Crippen LogP contribution in [0.3, 0.4) is 0 Å². The van der Waals surface area contributed by atoms with Crippen LogP contribution in [-0.4, -0.2) is 4.57 Å². The summed E-state index contributed by atoms with van der Waals surface area (Å²) < 4.78 is 2.43. The van der Waals surface area contributed by atoms with Gasteiger partial charge in [-0.15, -0.1) is 0 Å². The van der Waals surface area contributed by atoms with Gasteiger partial charge in [0.1, 0.15) is 0 Å². The zero-order valence-corrected chi connectivity index (χ0v) is 28.5.